The lowest BCUT2D eigenvalue weighted by atomic mass is 10.2. The Morgan fingerprint density at radius 3 is 3.00 bits per heavy atom. The largest absolute Gasteiger partial charge is 0.393 e. The number of hydrogen-bond acceptors (Lipinski definition) is 3. The number of hydrogen-bond donors (Lipinski definition) is 1. The summed E-state index contributed by atoms with van der Waals surface area (Å²) in [7, 11) is 2.01. The lowest BCUT2D eigenvalue weighted by Crippen LogP contribution is -2.23. The topological polar surface area (TPSA) is 42.1 Å². The summed E-state index contributed by atoms with van der Waals surface area (Å²) in [6.45, 7) is 1.62. The van der Waals surface area contributed by atoms with Gasteiger partial charge in [-0.2, -0.15) is 0 Å². The molecule has 0 aliphatic heterocycles. The van der Waals surface area contributed by atoms with E-state index in [1.54, 1.807) is 12.4 Å². The number of halogens is 1. The maximum atomic E-state index is 5.99. The molecule has 0 aliphatic carbocycles. The molecule has 5 heteroatoms. The second-order valence-electron chi connectivity index (χ2n) is 3.42. The lowest BCUT2D eigenvalue weighted by Gasteiger charge is -2.16. The van der Waals surface area contributed by atoms with Gasteiger partial charge in [0.05, 0.1) is 10.0 Å². The maximum absolute atomic E-state index is 5.99. The van der Waals surface area contributed by atoms with Crippen LogP contribution in [0.2, 0.25) is 5.02 Å². The summed E-state index contributed by atoms with van der Waals surface area (Å²) in [4.78, 5) is 6.60. The Labute approximate surface area is 100 Å². The Kier molecular flexibility index (Phi) is 4.94. The van der Waals surface area contributed by atoms with E-state index < -0.39 is 0 Å². The maximum Gasteiger partial charge on any atom is 0.0740 e. The number of aromatic nitrogens is 1. The van der Waals surface area contributed by atoms with E-state index in [2.05, 4.69) is 9.88 Å². The molecule has 1 aromatic rings. The molecule has 0 unspecified atom stereocenters. The normalized spacial score (nSPS) is 10.6. The summed E-state index contributed by atoms with van der Waals surface area (Å²) >= 11 is 10.8. The standard InChI is InChI=1S/C10H14ClN3S/c1-14(5-3-10(12)15)7-8-2-4-13-6-9(8)11/h2,4,6H,3,5,7H2,1H3,(H2,12,15). The Morgan fingerprint density at radius 2 is 2.40 bits per heavy atom. The SMILES string of the molecule is CN(CCC(N)=S)Cc1ccncc1Cl. The summed E-state index contributed by atoms with van der Waals surface area (Å²) in [6.07, 6.45) is 4.12. The van der Waals surface area contributed by atoms with Crippen molar-refractivity contribution in [1.82, 2.24) is 9.88 Å². The molecule has 0 radical (unpaired) electrons. The van der Waals surface area contributed by atoms with Crippen LogP contribution < -0.4 is 5.73 Å². The van der Waals surface area contributed by atoms with Gasteiger partial charge in [0.15, 0.2) is 0 Å². The van der Waals surface area contributed by atoms with Crippen molar-refractivity contribution in [1.29, 1.82) is 0 Å². The Balaban J connectivity index is 2.47. The average Bonchev–Trinajstić information content (AvgIpc) is 2.18. The van der Waals surface area contributed by atoms with Gasteiger partial charge in [-0.3, -0.25) is 4.98 Å². The van der Waals surface area contributed by atoms with E-state index in [-0.39, 0.29) is 0 Å². The Hall–Kier alpha value is -0.710. The molecule has 0 saturated heterocycles. The van der Waals surface area contributed by atoms with Gasteiger partial charge < -0.3 is 10.6 Å². The van der Waals surface area contributed by atoms with Crippen LogP contribution in [0.3, 0.4) is 0 Å². The van der Waals surface area contributed by atoms with Crippen LogP contribution in [0.4, 0.5) is 0 Å². The zero-order valence-corrected chi connectivity index (χ0v) is 10.2. The molecule has 0 fully saturated rings. The van der Waals surface area contributed by atoms with Gasteiger partial charge >= 0.3 is 0 Å². The van der Waals surface area contributed by atoms with Gasteiger partial charge in [-0.15, -0.1) is 0 Å². The predicted octanol–water partition coefficient (Wildman–Crippen LogP) is 1.84. The number of nitrogens with two attached hydrogens (primary N) is 1. The van der Waals surface area contributed by atoms with Crippen molar-refractivity contribution in [3.8, 4) is 0 Å². The number of pyridine rings is 1. The van der Waals surface area contributed by atoms with Gasteiger partial charge in [-0.05, 0) is 18.7 Å². The van der Waals surface area contributed by atoms with Gasteiger partial charge in [0.1, 0.15) is 0 Å². The molecule has 1 heterocycles. The van der Waals surface area contributed by atoms with Crippen LogP contribution in [0.15, 0.2) is 18.5 Å². The molecule has 0 aromatic carbocycles. The summed E-state index contributed by atoms with van der Waals surface area (Å²) in [6, 6.07) is 1.92. The van der Waals surface area contributed by atoms with Crippen molar-refractivity contribution in [2.24, 2.45) is 5.73 Å². The van der Waals surface area contributed by atoms with Crippen LogP contribution in [-0.4, -0.2) is 28.5 Å². The zero-order chi connectivity index (χ0) is 11.3. The van der Waals surface area contributed by atoms with E-state index in [1.165, 1.54) is 0 Å². The molecule has 0 bridgehead atoms. The fourth-order valence-electron chi connectivity index (χ4n) is 1.20. The van der Waals surface area contributed by atoms with Crippen molar-refractivity contribution >= 4 is 28.8 Å². The lowest BCUT2D eigenvalue weighted by molar-refractivity contribution is 0.337. The second-order valence-corrected chi connectivity index (χ2v) is 4.35. The molecule has 3 nitrogen and oxygen atoms in total. The third-order valence-electron chi connectivity index (χ3n) is 2.04. The molecule has 0 amide bonds. The van der Waals surface area contributed by atoms with E-state index in [1.807, 2.05) is 13.1 Å². The van der Waals surface area contributed by atoms with Crippen molar-refractivity contribution in [2.75, 3.05) is 13.6 Å². The smallest absolute Gasteiger partial charge is 0.0740 e. The fourth-order valence-corrected chi connectivity index (χ4v) is 1.47. The van der Waals surface area contributed by atoms with Gasteiger partial charge in [-0.25, -0.2) is 0 Å². The van der Waals surface area contributed by atoms with Crippen LogP contribution >= 0.6 is 23.8 Å². The van der Waals surface area contributed by atoms with Gasteiger partial charge in [0, 0.05) is 31.9 Å². The van der Waals surface area contributed by atoms with E-state index in [0.29, 0.717) is 10.0 Å². The predicted molar refractivity (Wildman–Crippen MR) is 67.0 cm³/mol. The second kappa shape index (κ2) is 6.00. The summed E-state index contributed by atoms with van der Waals surface area (Å²) < 4.78 is 0. The van der Waals surface area contributed by atoms with Crippen molar-refractivity contribution in [2.45, 2.75) is 13.0 Å². The molecule has 0 saturated carbocycles. The van der Waals surface area contributed by atoms with Crippen LogP contribution in [-0.2, 0) is 6.54 Å². The minimum Gasteiger partial charge on any atom is -0.393 e. The van der Waals surface area contributed by atoms with Crippen molar-refractivity contribution < 1.29 is 0 Å². The molecule has 1 rings (SSSR count). The van der Waals surface area contributed by atoms with Crippen LogP contribution in [0.5, 0.6) is 0 Å². The molecule has 15 heavy (non-hydrogen) atoms. The monoisotopic (exact) mass is 243 g/mol. The molecule has 82 valence electrons. The first-order valence-electron chi connectivity index (χ1n) is 4.65. The first kappa shape index (κ1) is 12.4. The minimum absolute atomic E-state index is 0.544. The van der Waals surface area contributed by atoms with E-state index >= 15 is 0 Å². The molecule has 2 N–H and O–H groups in total. The molecular formula is C10H14ClN3S. The van der Waals surface area contributed by atoms with E-state index in [4.69, 9.17) is 29.6 Å². The minimum atomic E-state index is 0.544. The zero-order valence-electron chi connectivity index (χ0n) is 8.61. The van der Waals surface area contributed by atoms with E-state index in [0.717, 1.165) is 25.1 Å². The van der Waals surface area contributed by atoms with Crippen molar-refractivity contribution in [3.63, 3.8) is 0 Å². The fraction of sp³-hybridized carbons (Fsp3) is 0.400. The molecule has 0 atom stereocenters. The highest BCUT2D eigenvalue weighted by Crippen LogP contribution is 2.14. The first-order chi connectivity index (χ1) is 7.09. The number of nitrogens with zero attached hydrogens (tertiary/aromatic N) is 2. The quantitative estimate of drug-likeness (QED) is 0.802. The summed E-state index contributed by atoms with van der Waals surface area (Å²) in [5.74, 6) is 0. The number of rotatable bonds is 5. The summed E-state index contributed by atoms with van der Waals surface area (Å²) in [5.41, 5.74) is 6.50. The van der Waals surface area contributed by atoms with Crippen LogP contribution in [0.1, 0.15) is 12.0 Å². The molecular weight excluding hydrogens is 230 g/mol. The van der Waals surface area contributed by atoms with Gasteiger partial charge in [-0.1, -0.05) is 23.8 Å². The summed E-state index contributed by atoms with van der Waals surface area (Å²) in [5, 5.41) is 0.694. The third-order valence-corrected chi connectivity index (χ3v) is 2.58. The molecule has 0 spiro atoms. The highest BCUT2D eigenvalue weighted by molar-refractivity contribution is 7.80. The Bertz CT molecular complexity index is 343. The average molecular weight is 244 g/mol. The Morgan fingerprint density at radius 1 is 1.67 bits per heavy atom. The highest BCUT2D eigenvalue weighted by Gasteiger charge is 2.04. The molecule has 1 aromatic heterocycles. The first-order valence-corrected chi connectivity index (χ1v) is 5.43. The number of thiocarbonyl (C=S) groups is 1. The van der Waals surface area contributed by atoms with Gasteiger partial charge in [0.2, 0.25) is 0 Å². The molecule has 0 aliphatic rings. The highest BCUT2D eigenvalue weighted by atomic mass is 35.5. The third kappa shape index (κ3) is 4.55. The van der Waals surface area contributed by atoms with Gasteiger partial charge in [0.25, 0.3) is 0 Å². The van der Waals surface area contributed by atoms with Crippen LogP contribution in [0.25, 0.3) is 0 Å². The van der Waals surface area contributed by atoms with Crippen molar-refractivity contribution in [3.05, 3.63) is 29.0 Å². The van der Waals surface area contributed by atoms with Crippen LogP contribution in [0, 0.1) is 0 Å². The van der Waals surface area contributed by atoms with E-state index in [9.17, 15) is 0 Å².